The number of imidazole rings is 2. The third-order valence-corrected chi connectivity index (χ3v) is 4.43. The highest BCUT2D eigenvalue weighted by Gasteiger charge is 2.19. The van der Waals surface area contributed by atoms with Gasteiger partial charge in [-0.2, -0.15) is 5.26 Å². The normalized spacial score (nSPS) is 12.1. The van der Waals surface area contributed by atoms with Crippen molar-refractivity contribution in [2.45, 2.75) is 59.3 Å². The fourth-order valence-electron chi connectivity index (χ4n) is 2.34. The zero-order valence-corrected chi connectivity index (χ0v) is 16.3. The molecule has 0 aromatic carbocycles. The van der Waals surface area contributed by atoms with Gasteiger partial charge in [0.2, 0.25) is 5.82 Å². The highest BCUT2D eigenvalue weighted by Crippen LogP contribution is 2.25. The van der Waals surface area contributed by atoms with Crippen LogP contribution in [0.4, 0.5) is 11.6 Å². The molecule has 0 bridgehead atoms. The number of hydrogen-bond acceptors (Lipinski definition) is 3. The van der Waals surface area contributed by atoms with Crippen LogP contribution in [0.2, 0.25) is 0 Å². The number of H-pyrrole nitrogens is 1. The van der Waals surface area contributed by atoms with Crippen LogP contribution in [0.5, 0.6) is 0 Å². The first-order valence-corrected chi connectivity index (χ1v) is 8.62. The zero-order valence-electron chi connectivity index (χ0n) is 16.3. The molecular formula is C19H25N7. The summed E-state index contributed by atoms with van der Waals surface area (Å²) >= 11 is 0. The number of hydrogen-bond donors (Lipinski definition) is 1. The first-order valence-electron chi connectivity index (χ1n) is 8.62. The summed E-state index contributed by atoms with van der Waals surface area (Å²) < 4.78 is 1.71. The molecule has 2 unspecified atom stereocenters. The fraction of sp³-hybridized carbons (Fsp3) is 0.526. The van der Waals surface area contributed by atoms with Gasteiger partial charge in [0.1, 0.15) is 6.07 Å². The predicted octanol–water partition coefficient (Wildman–Crippen LogP) is 5.14. The smallest absolute Gasteiger partial charge is 0.290 e. The van der Waals surface area contributed by atoms with Crippen molar-refractivity contribution in [3.05, 3.63) is 45.9 Å². The number of aromatic amines is 1. The van der Waals surface area contributed by atoms with Crippen molar-refractivity contribution in [3.63, 3.8) is 0 Å². The molecule has 0 radical (unpaired) electrons. The highest BCUT2D eigenvalue weighted by molar-refractivity contribution is 5.51. The summed E-state index contributed by atoms with van der Waals surface area (Å²) in [7, 11) is 1.78. The first-order chi connectivity index (χ1) is 12.3. The SMILES string of the molecule is [C-]#[N+]c1c(C#N)nc(C(C)CC)n1C.[C-]#[N+]c1nc(C(C)CC)[nH]c1C. The van der Waals surface area contributed by atoms with E-state index in [0.29, 0.717) is 17.6 Å². The van der Waals surface area contributed by atoms with Crippen LogP contribution in [0.1, 0.15) is 75.4 Å². The van der Waals surface area contributed by atoms with Crippen LogP contribution < -0.4 is 0 Å². The van der Waals surface area contributed by atoms with Crippen molar-refractivity contribution < 1.29 is 0 Å². The third kappa shape index (κ3) is 4.49. The van der Waals surface area contributed by atoms with Gasteiger partial charge >= 0.3 is 0 Å². The molecule has 0 saturated heterocycles. The van der Waals surface area contributed by atoms with Crippen molar-refractivity contribution in [2.75, 3.05) is 0 Å². The molecule has 2 heterocycles. The molecule has 0 aliphatic carbocycles. The second-order valence-corrected chi connectivity index (χ2v) is 6.23. The largest absolute Gasteiger partial charge is 0.361 e. The molecule has 1 N–H and O–H groups in total. The Balaban J connectivity index is 0.000000263. The Morgan fingerprint density at radius 1 is 1.15 bits per heavy atom. The van der Waals surface area contributed by atoms with Gasteiger partial charge in [0.25, 0.3) is 11.6 Å². The van der Waals surface area contributed by atoms with Gasteiger partial charge in [-0.3, -0.25) is 4.57 Å². The number of nitrogens with zero attached hydrogens (tertiary/aromatic N) is 6. The molecule has 2 atom stereocenters. The minimum Gasteiger partial charge on any atom is -0.361 e. The second kappa shape index (κ2) is 9.39. The molecule has 7 nitrogen and oxygen atoms in total. The van der Waals surface area contributed by atoms with E-state index in [0.717, 1.165) is 30.2 Å². The summed E-state index contributed by atoms with van der Waals surface area (Å²) in [6.07, 6.45) is 2.00. The summed E-state index contributed by atoms with van der Waals surface area (Å²) in [5.74, 6) is 3.28. The number of rotatable bonds is 4. The van der Waals surface area contributed by atoms with Crippen molar-refractivity contribution in [1.29, 1.82) is 5.26 Å². The Bertz CT molecular complexity index is 868. The zero-order chi connectivity index (χ0) is 19.9. The first kappa shape index (κ1) is 20.9. The third-order valence-electron chi connectivity index (χ3n) is 4.43. The van der Waals surface area contributed by atoms with Gasteiger partial charge in [0, 0.05) is 17.5 Å². The van der Waals surface area contributed by atoms with Crippen LogP contribution in [0, 0.1) is 31.4 Å². The van der Waals surface area contributed by atoms with E-state index in [-0.39, 0.29) is 11.6 Å². The lowest BCUT2D eigenvalue weighted by Gasteiger charge is -2.04. The molecule has 7 heteroatoms. The number of aryl methyl sites for hydroxylation is 1. The van der Waals surface area contributed by atoms with E-state index in [1.807, 2.05) is 19.9 Å². The van der Waals surface area contributed by atoms with E-state index < -0.39 is 0 Å². The van der Waals surface area contributed by atoms with Gasteiger partial charge in [-0.25, -0.2) is 4.98 Å². The highest BCUT2D eigenvalue weighted by atomic mass is 15.1. The van der Waals surface area contributed by atoms with E-state index >= 15 is 0 Å². The van der Waals surface area contributed by atoms with Gasteiger partial charge in [-0.1, -0.05) is 40.8 Å². The maximum atomic E-state index is 8.77. The summed E-state index contributed by atoms with van der Waals surface area (Å²) in [5, 5.41) is 8.77. The Kier molecular flexibility index (Phi) is 7.56. The van der Waals surface area contributed by atoms with Gasteiger partial charge in [0.05, 0.1) is 7.05 Å². The van der Waals surface area contributed by atoms with E-state index in [1.54, 1.807) is 11.6 Å². The molecule has 2 rings (SSSR count). The number of nitriles is 1. The number of aromatic nitrogens is 4. The maximum Gasteiger partial charge on any atom is 0.290 e. The average molecular weight is 351 g/mol. The van der Waals surface area contributed by atoms with Crippen LogP contribution in [-0.2, 0) is 7.05 Å². The summed E-state index contributed by atoms with van der Waals surface area (Å²) in [4.78, 5) is 18.1. The molecule has 0 spiro atoms. The lowest BCUT2D eigenvalue weighted by molar-refractivity contribution is 0.645. The van der Waals surface area contributed by atoms with Crippen molar-refractivity contribution in [3.8, 4) is 6.07 Å². The summed E-state index contributed by atoms with van der Waals surface area (Å²) in [5.41, 5.74) is 1.11. The van der Waals surface area contributed by atoms with Gasteiger partial charge in [-0.15, -0.1) is 4.98 Å². The topological polar surface area (TPSA) is 79.0 Å². The molecule has 0 amide bonds. The van der Waals surface area contributed by atoms with Gasteiger partial charge < -0.3 is 14.7 Å². The van der Waals surface area contributed by atoms with Gasteiger partial charge in [0.15, 0.2) is 11.5 Å². The Morgan fingerprint density at radius 2 is 1.77 bits per heavy atom. The Labute approximate surface area is 155 Å². The Hall–Kier alpha value is -3.11. The molecule has 0 saturated carbocycles. The lowest BCUT2D eigenvalue weighted by atomic mass is 10.1. The van der Waals surface area contributed by atoms with E-state index in [1.165, 1.54) is 0 Å². The van der Waals surface area contributed by atoms with Crippen molar-refractivity contribution in [2.24, 2.45) is 7.05 Å². The average Bonchev–Trinajstić information content (AvgIpc) is 3.19. The molecule has 26 heavy (non-hydrogen) atoms. The van der Waals surface area contributed by atoms with Crippen LogP contribution in [0.15, 0.2) is 0 Å². The van der Waals surface area contributed by atoms with Crippen LogP contribution >= 0.6 is 0 Å². The molecule has 2 aromatic heterocycles. The molecule has 0 aliphatic heterocycles. The van der Waals surface area contributed by atoms with Gasteiger partial charge in [-0.05, 0) is 19.8 Å². The Morgan fingerprint density at radius 3 is 2.15 bits per heavy atom. The summed E-state index contributed by atoms with van der Waals surface area (Å²) in [6, 6.07) is 1.94. The lowest BCUT2D eigenvalue weighted by Crippen LogP contribution is -2.01. The molecule has 0 aliphatic rings. The fourth-order valence-corrected chi connectivity index (χ4v) is 2.34. The standard InChI is InChI=1S/C10H12N4.C9H13N3/c1-5-7(2)9-13-8(6-11)10(12-3)14(9)4;1-5-6(2)8-11-7(3)9(10-4)12-8/h7H,5H2,1-2,4H3;6H,5H2,1-3H3,(H,11,12). The van der Waals surface area contributed by atoms with E-state index in [4.69, 9.17) is 18.4 Å². The van der Waals surface area contributed by atoms with E-state index in [2.05, 4.69) is 45.4 Å². The molecular weight excluding hydrogens is 326 g/mol. The van der Waals surface area contributed by atoms with Crippen molar-refractivity contribution >= 4 is 11.6 Å². The van der Waals surface area contributed by atoms with Crippen LogP contribution in [-0.4, -0.2) is 19.5 Å². The second-order valence-electron chi connectivity index (χ2n) is 6.23. The summed E-state index contributed by atoms with van der Waals surface area (Å²) in [6.45, 7) is 24.0. The van der Waals surface area contributed by atoms with E-state index in [9.17, 15) is 0 Å². The van der Waals surface area contributed by atoms with Crippen molar-refractivity contribution in [1.82, 2.24) is 19.5 Å². The maximum absolute atomic E-state index is 8.77. The monoisotopic (exact) mass is 351 g/mol. The van der Waals surface area contributed by atoms with Crippen LogP contribution in [0.25, 0.3) is 9.69 Å². The molecule has 2 aromatic rings. The predicted molar refractivity (Wildman–Crippen MR) is 101 cm³/mol. The minimum absolute atomic E-state index is 0.234. The minimum atomic E-state index is 0.234. The molecule has 136 valence electrons. The number of nitrogens with one attached hydrogen (secondary N) is 1. The van der Waals surface area contributed by atoms with Crippen LogP contribution in [0.3, 0.4) is 0 Å². The quantitative estimate of drug-likeness (QED) is 0.775. The molecule has 0 fully saturated rings.